The molecule has 0 heterocycles. The monoisotopic (exact) mass is 240 g/mol. The largest absolute Gasteiger partial charge is 0.325 e. The van der Waals surface area contributed by atoms with Gasteiger partial charge in [0.2, 0.25) is 5.91 Å². The molecule has 2 N–H and O–H groups in total. The maximum Gasteiger partial charge on any atom is 0.224 e. The molecule has 0 saturated heterocycles. The lowest BCUT2D eigenvalue weighted by atomic mass is 10.2. The first-order valence-electron chi connectivity index (χ1n) is 5.34. The number of carbonyl (C=O) groups excluding carboxylic acids is 1. The summed E-state index contributed by atoms with van der Waals surface area (Å²) in [6, 6.07) is 5.59. The SMILES string of the molecule is CNCCCC(=O)Nc1ccc(C)cc1Cl. The van der Waals surface area contributed by atoms with Crippen LogP contribution in [0.15, 0.2) is 18.2 Å². The maximum atomic E-state index is 11.5. The molecule has 1 aromatic carbocycles. The highest BCUT2D eigenvalue weighted by Crippen LogP contribution is 2.22. The van der Waals surface area contributed by atoms with Crippen LogP contribution >= 0.6 is 11.6 Å². The van der Waals surface area contributed by atoms with Crippen molar-refractivity contribution in [3.63, 3.8) is 0 Å². The fraction of sp³-hybridized carbons (Fsp3) is 0.417. The molecule has 1 amide bonds. The van der Waals surface area contributed by atoms with Crippen LogP contribution in [0.1, 0.15) is 18.4 Å². The van der Waals surface area contributed by atoms with Gasteiger partial charge in [0.1, 0.15) is 0 Å². The standard InChI is InChI=1S/C12H17ClN2O/c1-9-5-6-11(10(13)8-9)15-12(16)4-3-7-14-2/h5-6,8,14H,3-4,7H2,1-2H3,(H,15,16). The Hall–Kier alpha value is -1.06. The minimum Gasteiger partial charge on any atom is -0.325 e. The molecule has 0 aliphatic carbocycles. The number of amides is 1. The molecule has 88 valence electrons. The molecule has 0 saturated carbocycles. The fourth-order valence-corrected chi connectivity index (χ4v) is 1.64. The van der Waals surface area contributed by atoms with Gasteiger partial charge in [-0.25, -0.2) is 0 Å². The van der Waals surface area contributed by atoms with E-state index < -0.39 is 0 Å². The molecule has 0 fully saturated rings. The average Bonchev–Trinajstić information content (AvgIpc) is 2.23. The smallest absolute Gasteiger partial charge is 0.224 e. The van der Waals surface area contributed by atoms with Crippen LogP contribution < -0.4 is 10.6 Å². The van der Waals surface area contributed by atoms with Gasteiger partial charge in [-0.05, 0) is 44.6 Å². The van der Waals surface area contributed by atoms with Crippen LogP contribution in [0.3, 0.4) is 0 Å². The molecule has 0 bridgehead atoms. The van der Waals surface area contributed by atoms with Crippen molar-refractivity contribution in [3.8, 4) is 0 Å². The van der Waals surface area contributed by atoms with Gasteiger partial charge in [-0.3, -0.25) is 4.79 Å². The zero-order valence-corrected chi connectivity index (χ0v) is 10.4. The predicted molar refractivity (Wildman–Crippen MR) is 68.0 cm³/mol. The summed E-state index contributed by atoms with van der Waals surface area (Å²) in [4.78, 5) is 11.5. The number of hydrogen-bond acceptors (Lipinski definition) is 2. The molecule has 0 aliphatic rings. The van der Waals surface area contributed by atoms with Gasteiger partial charge in [-0.1, -0.05) is 17.7 Å². The van der Waals surface area contributed by atoms with Gasteiger partial charge in [0, 0.05) is 6.42 Å². The molecule has 0 aromatic heterocycles. The fourth-order valence-electron chi connectivity index (χ4n) is 1.36. The van der Waals surface area contributed by atoms with Crippen LogP contribution in [0, 0.1) is 6.92 Å². The first kappa shape index (κ1) is 13.0. The Balaban J connectivity index is 2.49. The third kappa shape index (κ3) is 4.21. The predicted octanol–water partition coefficient (Wildman–Crippen LogP) is 2.59. The highest BCUT2D eigenvalue weighted by Gasteiger charge is 2.05. The van der Waals surface area contributed by atoms with E-state index in [1.807, 2.05) is 32.2 Å². The lowest BCUT2D eigenvalue weighted by Gasteiger charge is -2.07. The number of rotatable bonds is 5. The quantitative estimate of drug-likeness (QED) is 0.777. The zero-order valence-electron chi connectivity index (χ0n) is 9.64. The Kier molecular flexibility index (Phi) is 5.29. The molecular formula is C12H17ClN2O. The first-order chi connectivity index (χ1) is 7.63. The minimum atomic E-state index is 0.000929. The Bertz CT molecular complexity index is 366. The van der Waals surface area contributed by atoms with Crippen LogP contribution in [0.25, 0.3) is 0 Å². The minimum absolute atomic E-state index is 0.000929. The van der Waals surface area contributed by atoms with Crippen LogP contribution in [0.4, 0.5) is 5.69 Å². The van der Waals surface area contributed by atoms with Crippen molar-refractivity contribution in [2.45, 2.75) is 19.8 Å². The van der Waals surface area contributed by atoms with Crippen molar-refractivity contribution in [1.82, 2.24) is 5.32 Å². The number of benzene rings is 1. The van der Waals surface area contributed by atoms with Crippen LogP contribution in [0.2, 0.25) is 5.02 Å². The number of carbonyl (C=O) groups is 1. The van der Waals surface area contributed by atoms with Gasteiger partial charge < -0.3 is 10.6 Å². The number of nitrogens with one attached hydrogen (secondary N) is 2. The molecule has 1 aromatic rings. The van der Waals surface area contributed by atoms with E-state index in [1.165, 1.54) is 0 Å². The van der Waals surface area contributed by atoms with Gasteiger partial charge in [0.05, 0.1) is 10.7 Å². The van der Waals surface area contributed by atoms with Crippen LogP contribution in [-0.2, 0) is 4.79 Å². The van der Waals surface area contributed by atoms with E-state index in [1.54, 1.807) is 0 Å². The normalized spacial score (nSPS) is 10.2. The zero-order chi connectivity index (χ0) is 12.0. The molecule has 4 heteroatoms. The van der Waals surface area contributed by atoms with Gasteiger partial charge in [0.25, 0.3) is 0 Å². The second kappa shape index (κ2) is 6.51. The summed E-state index contributed by atoms with van der Waals surface area (Å²) in [5.74, 6) is 0.000929. The Labute approximate surface area is 101 Å². The van der Waals surface area contributed by atoms with E-state index in [2.05, 4.69) is 10.6 Å². The topological polar surface area (TPSA) is 41.1 Å². The number of halogens is 1. The number of aryl methyl sites for hydroxylation is 1. The van der Waals surface area contributed by atoms with E-state index in [9.17, 15) is 4.79 Å². The first-order valence-corrected chi connectivity index (χ1v) is 5.72. The highest BCUT2D eigenvalue weighted by molar-refractivity contribution is 6.33. The van der Waals surface area contributed by atoms with Gasteiger partial charge in [0.15, 0.2) is 0 Å². The lowest BCUT2D eigenvalue weighted by molar-refractivity contribution is -0.116. The summed E-state index contributed by atoms with van der Waals surface area (Å²) in [6.45, 7) is 2.81. The van der Waals surface area contributed by atoms with E-state index in [0.717, 1.165) is 18.5 Å². The Morgan fingerprint density at radius 2 is 2.19 bits per heavy atom. The van der Waals surface area contributed by atoms with Crippen molar-refractivity contribution < 1.29 is 4.79 Å². The van der Waals surface area contributed by atoms with Gasteiger partial charge in [-0.2, -0.15) is 0 Å². The summed E-state index contributed by atoms with van der Waals surface area (Å²) in [5, 5.41) is 6.38. The molecular weight excluding hydrogens is 224 g/mol. The summed E-state index contributed by atoms with van der Waals surface area (Å²) in [7, 11) is 1.87. The van der Waals surface area contributed by atoms with E-state index in [-0.39, 0.29) is 5.91 Å². The molecule has 16 heavy (non-hydrogen) atoms. The molecule has 0 unspecified atom stereocenters. The maximum absolute atomic E-state index is 11.5. The molecule has 0 aliphatic heterocycles. The molecule has 3 nitrogen and oxygen atoms in total. The Morgan fingerprint density at radius 3 is 2.81 bits per heavy atom. The van der Waals surface area contributed by atoms with Gasteiger partial charge >= 0.3 is 0 Å². The number of hydrogen-bond donors (Lipinski definition) is 2. The van der Waals surface area contributed by atoms with Crippen molar-refractivity contribution in [1.29, 1.82) is 0 Å². The molecule has 0 spiro atoms. The third-order valence-electron chi connectivity index (χ3n) is 2.23. The summed E-state index contributed by atoms with van der Waals surface area (Å²) in [5.41, 5.74) is 1.76. The van der Waals surface area contributed by atoms with E-state index >= 15 is 0 Å². The van der Waals surface area contributed by atoms with E-state index in [0.29, 0.717) is 17.1 Å². The second-order valence-electron chi connectivity index (χ2n) is 3.74. The van der Waals surface area contributed by atoms with Crippen molar-refractivity contribution >= 4 is 23.2 Å². The summed E-state index contributed by atoms with van der Waals surface area (Å²) in [6.07, 6.45) is 1.33. The summed E-state index contributed by atoms with van der Waals surface area (Å²) >= 11 is 6.01. The lowest BCUT2D eigenvalue weighted by Crippen LogP contribution is -2.15. The van der Waals surface area contributed by atoms with Crippen molar-refractivity contribution in [3.05, 3.63) is 28.8 Å². The van der Waals surface area contributed by atoms with Crippen molar-refractivity contribution in [2.75, 3.05) is 18.9 Å². The number of anilines is 1. The molecule has 1 rings (SSSR count). The molecule has 0 atom stereocenters. The van der Waals surface area contributed by atoms with Gasteiger partial charge in [-0.15, -0.1) is 0 Å². The highest BCUT2D eigenvalue weighted by atomic mass is 35.5. The third-order valence-corrected chi connectivity index (χ3v) is 2.54. The van der Waals surface area contributed by atoms with Crippen LogP contribution in [0.5, 0.6) is 0 Å². The second-order valence-corrected chi connectivity index (χ2v) is 4.15. The summed E-state index contributed by atoms with van der Waals surface area (Å²) < 4.78 is 0. The van der Waals surface area contributed by atoms with Crippen LogP contribution in [-0.4, -0.2) is 19.5 Å². The molecule has 0 radical (unpaired) electrons. The van der Waals surface area contributed by atoms with Crippen molar-refractivity contribution in [2.24, 2.45) is 0 Å². The van der Waals surface area contributed by atoms with E-state index in [4.69, 9.17) is 11.6 Å². The average molecular weight is 241 g/mol. The Morgan fingerprint density at radius 1 is 1.44 bits per heavy atom.